The molecule has 0 bridgehead atoms. The van der Waals surface area contributed by atoms with Gasteiger partial charge in [0.25, 0.3) is 0 Å². The number of hydrogen-bond donors (Lipinski definition) is 0. The maximum absolute atomic E-state index is 4.66. The second kappa shape index (κ2) is 4.56. The van der Waals surface area contributed by atoms with Crippen molar-refractivity contribution < 1.29 is 4.52 Å². The van der Waals surface area contributed by atoms with Crippen molar-refractivity contribution in [3.8, 4) is 0 Å². The Kier molecular flexibility index (Phi) is 2.91. The molecule has 0 atom stereocenters. The molecule has 3 nitrogen and oxygen atoms in total. The van der Waals surface area contributed by atoms with E-state index >= 15 is 0 Å². The zero-order valence-electron chi connectivity index (χ0n) is 7.89. The maximum atomic E-state index is 4.66. The first-order valence-corrected chi connectivity index (χ1v) is 4.75. The molecule has 72 valence electrons. The highest BCUT2D eigenvalue weighted by atomic mass is 16.5. The molecule has 0 saturated carbocycles. The van der Waals surface area contributed by atoms with Crippen LogP contribution in [0.2, 0.25) is 0 Å². The Morgan fingerprint density at radius 3 is 2.64 bits per heavy atom. The van der Waals surface area contributed by atoms with Crippen LogP contribution in [-0.2, 0) is 12.8 Å². The molecule has 0 aliphatic carbocycles. The summed E-state index contributed by atoms with van der Waals surface area (Å²) in [5, 5.41) is 7.25. The molecule has 0 radical (unpaired) electrons. The third kappa shape index (κ3) is 2.42. The number of aromatic nitrogens is 2. The van der Waals surface area contributed by atoms with E-state index in [1.807, 2.05) is 6.07 Å². The first-order valence-electron chi connectivity index (χ1n) is 4.75. The standard InChI is InChI=1S/C11H12N2O/c1-2-5-10(6-3-1)7-4-8-11-9-14-13-12-11/h1-3,5-6,9H,4,7-8H2. The molecule has 1 aromatic heterocycles. The fourth-order valence-electron chi connectivity index (χ4n) is 1.41. The summed E-state index contributed by atoms with van der Waals surface area (Å²) >= 11 is 0. The smallest absolute Gasteiger partial charge is 0.147 e. The largest absolute Gasteiger partial charge is 0.345 e. The van der Waals surface area contributed by atoms with Crippen molar-refractivity contribution in [2.75, 3.05) is 0 Å². The molecule has 1 aromatic carbocycles. The average Bonchev–Trinajstić information content (AvgIpc) is 2.72. The Morgan fingerprint density at radius 2 is 1.93 bits per heavy atom. The molecule has 0 spiro atoms. The molecule has 0 amide bonds. The van der Waals surface area contributed by atoms with Crippen LogP contribution >= 0.6 is 0 Å². The third-order valence-corrected chi connectivity index (χ3v) is 2.15. The van der Waals surface area contributed by atoms with Crippen LogP contribution in [0.15, 0.2) is 41.1 Å². The predicted octanol–water partition coefficient (Wildman–Crippen LogP) is 2.24. The minimum absolute atomic E-state index is 0.929. The van der Waals surface area contributed by atoms with E-state index in [-0.39, 0.29) is 0 Å². The minimum atomic E-state index is 0.929. The summed E-state index contributed by atoms with van der Waals surface area (Å²) in [5.74, 6) is 0. The van der Waals surface area contributed by atoms with E-state index in [2.05, 4.69) is 39.2 Å². The van der Waals surface area contributed by atoms with E-state index in [0.29, 0.717) is 0 Å². The Bertz CT molecular complexity index is 356. The third-order valence-electron chi connectivity index (χ3n) is 2.15. The molecule has 3 heteroatoms. The van der Waals surface area contributed by atoms with Crippen LogP contribution < -0.4 is 0 Å². The van der Waals surface area contributed by atoms with Crippen molar-refractivity contribution in [3.05, 3.63) is 47.9 Å². The van der Waals surface area contributed by atoms with Gasteiger partial charge in [-0.2, -0.15) is 0 Å². The molecule has 0 unspecified atom stereocenters. The van der Waals surface area contributed by atoms with E-state index in [4.69, 9.17) is 0 Å². The summed E-state index contributed by atoms with van der Waals surface area (Å²) in [6.45, 7) is 0. The summed E-state index contributed by atoms with van der Waals surface area (Å²) in [5.41, 5.74) is 2.30. The van der Waals surface area contributed by atoms with Gasteiger partial charge in [0, 0.05) is 5.27 Å². The molecule has 1 heterocycles. The lowest BCUT2D eigenvalue weighted by molar-refractivity contribution is 0.392. The Morgan fingerprint density at radius 1 is 1.07 bits per heavy atom. The normalized spacial score (nSPS) is 10.3. The lowest BCUT2D eigenvalue weighted by Gasteiger charge is -1.98. The van der Waals surface area contributed by atoms with Crippen molar-refractivity contribution in [1.29, 1.82) is 0 Å². The topological polar surface area (TPSA) is 38.9 Å². The van der Waals surface area contributed by atoms with E-state index in [1.54, 1.807) is 6.26 Å². The fourth-order valence-corrected chi connectivity index (χ4v) is 1.41. The first kappa shape index (κ1) is 8.94. The lowest BCUT2D eigenvalue weighted by atomic mass is 10.1. The number of rotatable bonds is 4. The zero-order chi connectivity index (χ0) is 9.64. The molecule has 14 heavy (non-hydrogen) atoms. The van der Waals surface area contributed by atoms with Gasteiger partial charge in [-0.1, -0.05) is 30.3 Å². The van der Waals surface area contributed by atoms with Gasteiger partial charge in [0.05, 0.1) is 0 Å². The molecule has 2 aromatic rings. The van der Waals surface area contributed by atoms with Crippen molar-refractivity contribution >= 4 is 0 Å². The van der Waals surface area contributed by atoms with Gasteiger partial charge in [0.2, 0.25) is 0 Å². The number of aryl methyl sites for hydroxylation is 2. The van der Waals surface area contributed by atoms with Crippen LogP contribution in [-0.4, -0.2) is 10.4 Å². The molecular formula is C11H12N2O. The highest BCUT2D eigenvalue weighted by molar-refractivity contribution is 5.14. The Hall–Kier alpha value is -1.64. The van der Waals surface area contributed by atoms with Crippen LogP contribution in [0.3, 0.4) is 0 Å². The second-order valence-corrected chi connectivity index (χ2v) is 3.24. The van der Waals surface area contributed by atoms with Gasteiger partial charge < -0.3 is 4.52 Å². The summed E-state index contributed by atoms with van der Waals surface area (Å²) in [4.78, 5) is 0. The van der Waals surface area contributed by atoms with Gasteiger partial charge in [0.1, 0.15) is 12.0 Å². The number of nitrogens with zero attached hydrogens (tertiary/aromatic N) is 2. The molecule has 0 aliphatic heterocycles. The van der Waals surface area contributed by atoms with Gasteiger partial charge in [0.15, 0.2) is 0 Å². The van der Waals surface area contributed by atoms with Gasteiger partial charge in [-0.05, 0) is 24.8 Å². The first-order chi connectivity index (χ1) is 6.95. The zero-order valence-corrected chi connectivity index (χ0v) is 7.89. The van der Waals surface area contributed by atoms with Crippen LogP contribution in [0, 0.1) is 0 Å². The van der Waals surface area contributed by atoms with Crippen molar-refractivity contribution in [1.82, 2.24) is 10.4 Å². The SMILES string of the molecule is c1ccc(CCCc2conn2)cc1. The lowest BCUT2D eigenvalue weighted by Crippen LogP contribution is -1.90. The summed E-state index contributed by atoms with van der Waals surface area (Å²) in [6.07, 6.45) is 4.69. The summed E-state index contributed by atoms with van der Waals surface area (Å²) in [7, 11) is 0. The van der Waals surface area contributed by atoms with Crippen molar-refractivity contribution in [3.63, 3.8) is 0 Å². The molecule has 0 aliphatic rings. The quantitative estimate of drug-likeness (QED) is 0.738. The molecule has 0 N–H and O–H groups in total. The summed E-state index contributed by atoms with van der Waals surface area (Å²) in [6, 6.07) is 10.4. The van der Waals surface area contributed by atoms with Gasteiger partial charge in [-0.3, -0.25) is 0 Å². The van der Waals surface area contributed by atoms with Crippen LogP contribution in [0.5, 0.6) is 0 Å². The monoisotopic (exact) mass is 188 g/mol. The average molecular weight is 188 g/mol. The highest BCUT2D eigenvalue weighted by Gasteiger charge is 1.97. The highest BCUT2D eigenvalue weighted by Crippen LogP contribution is 2.05. The molecule has 2 rings (SSSR count). The van der Waals surface area contributed by atoms with E-state index < -0.39 is 0 Å². The van der Waals surface area contributed by atoms with E-state index in [0.717, 1.165) is 25.0 Å². The maximum Gasteiger partial charge on any atom is 0.147 e. The Balaban J connectivity index is 1.79. The Labute approximate surface area is 82.7 Å². The van der Waals surface area contributed by atoms with Crippen LogP contribution in [0.25, 0.3) is 0 Å². The van der Waals surface area contributed by atoms with E-state index in [1.165, 1.54) is 5.56 Å². The minimum Gasteiger partial charge on any atom is -0.345 e. The molecule has 0 fully saturated rings. The van der Waals surface area contributed by atoms with Crippen LogP contribution in [0.4, 0.5) is 0 Å². The van der Waals surface area contributed by atoms with Gasteiger partial charge in [-0.15, -0.1) is 5.10 Å². The number of benzene rings is 1. The van der Waals surface area contributed by atoms with Gasteiger partial charge in [-0.25, -0.2) is 0 Å². The predicted molar refractivity (Wildman–Crippen MR) is 52.8 cm³/mol. The van der Waals surface area contributed by atoms with Gasteiger partial charge >= 0.3 is 0 Å². The van der Waals surface area contributed by atoms with E-state index in [9.17, 15) is 0 Å². The fraction of sp³-hybridized carbons (Fsp3) is 0.273. The second-order valence-electron chi connectivity index (χ2n) is 3.24. The molecular weight excluding hydrogens is 176 g/mol. The van der Waals surface area contributed by atoms with Crippen molar-refractivity contribution in [2.24, 2.45) is 0 Å². The van der Waals surface area contributed by atoms with Crippen molar-refractivity contribution in [2.45, 2.75) is 19.3 Å². The summed E-state index contributed by atoms with van der Waals surface area (Å²) < 4.78 is 4.66. The number of hydrogen-bond acceptors (Lipinski definition) is 3. The van der Waals surface area contributed by atoms with Crippen LogP contribution in [0.1, 0.15) is 17.7 Å². The molecule has 0 saturated heterocycles.